The number of hydrogen-bond donors (Lipinski definition) is 2. The summed E-state index contributed by atoms with van der Waals surface area (Å²) in [5, 5.41) is 11.6. The molecule has 1 aliphatic carbocycles. The number of hydrogen-bond acceptors (Lipinski definition) is 3. The number of rotatable bonds is 3. The number of halogens is 2. The summed E-state index contributed by atoms with van der Waals surface area (Å²) in [6.07, 6.45) is 3.99. The molecule has 0 bridgehead atoms. The van der Waals surface area contributed by atoms with Gasteiger partial charge in [0.25, 0.3) is 0 Å². The molecule has 0 aromatic heterocycles. The van der Waals surface area contributed by atoms with Gasteiger partial charge < -0.3 is 11.1 Å². The second-order valence-corrected chi connectivity index (χ2v) is 4.96. The Kier molecular flexibility index (Phi) is 4.33. The van der Waals surface area contributed by atoms with Gasteiger partial charge in [0.1, 0.15) is 5.69 Å². The molecule has 1 aromatic carbocycles. The largest absolute Gasteiger partial charge is 0.377 e. The molecule has 2 rings (SSSR count). The molecule has 5 heteroatoms. The summed E-state index contributed by atoms with van der Waals surface area (Å²) in [5.41, 5.74) is 5.54. The van der Waals surface area contributed by atoms with Crippen LogP contribution in [0.2, 0.25) is 0 Å². The molecule has 2 atom stereocenters. The molecule has 19 heavy (non-hydrogen) atoms. The van der Waals surface area contributed by atoms with Gasteiger partial charge in [0.15, 0.2) is 11.6 Å². The lowest BCUT2D eigenvalue weighted by atomic mass is 9.84. The fourth-order valence-corrected chi connectivity index (χ4v) is 2.64. The summed E-state index contributed by atoms with van der Waals surface area (Å²) < 4.78 is 27.6. The van der Waals surface area contributed by atoms with E-state index >= 15 is 0 Å². The molecule has 0 spiro atoms. The van der Waals surface area contributed by atoms with Crippen LogP contribution in [0.1, 0.15) is 31.2 Å². The maximum atomic E-state index is 13.8. The molecule has 3 N–H and O–H groups in total. The van der Waals surface area contributed by atoms with Gasteiger partial charge in [0.2, 0.25) is 0 Å². The number of nitrogens with one attached hydrogen (secondary N) is 1. The van der Waals surface area contributed by atoms with E-state index in [1.165, 1.54) is 0 Å². The van der Waals surface area contributed by atoms with Gasteiger partial charge in [-0.1, -0.05) is 12.8 Å². The van der Waals surface area contributed by atoms with Gasteiger partial charge in [-0.2, -0.15) is 5.26 Å². The molecule has 0 aliphatic heterocycles. The molecule has 0 amide bonds. The van der Waals surface area contributed by atoms with E-state index in [1.54, 1.807) is 6.07 Å². The highest BCUT2D eigenvalue weighted by atomic mass is 19.1. The van der Waals surface area contributed by atoms with Crippen molar-refractivity contribution >= 4 is 5.69 Å². The van der Waals surface area contributed by atoms with E-state index < -0.39 is 11.6 Å². The molecule has 1 aromatic rings. The summed E-state index contributed by atoms with van der Waals surface area (Å²) >= 11 is 0. The third-order valence-corrected chi connectivity index (χ3v) is 3.71. The maximum absolute atomic E-state index is 13.8. The van der Waals surface area contributed by atoms with Gasteiger partial charge in [-0.05, 0) is 37.4 Å². The molecule has 1 aliphatic rings. The van der Waals surface area contributed by atoms with E-state index in [1.807, 2.05) is 0 Å². The second kappa shape index (κ2) is 5.98. The van der Waals surface area contributed by atoms with Crippen molar-refractivity contribution in [2.45, 2.75) is 31.7 Å². The first kappa shape index (κ1) is 13.8. The third-order valence-electron chi connectivity index (χ3n) is 3.71. The van der Waals surface area contributed by atoms with Crippen LogP contribution in [0.15, 0.2) is 12.1 Å². The number of nitriles is 1. The summed E-state index contributed by atoms with van der Waals surface area (Å²) in [5.74, 6) is -1.21. The SMILES string of the molecule is N#Cc1cc(F)c(NC2CCCCC2CN)c(F)c1. The highest BCUT2D eigenvalue weighted by Crippen LogP contribution is 2.29. The van der Waals surface area contributed by atoms with Gasteiger partial charge in [-0.15, -0.1) is 0 Å². The zero-order valence-electron chi connectivity index (χ0n) is 10.6. The van der Waals surface area contributed by atoms with Crippen LogP contribution >= 0.6 is 0 Å². The Bertz CT molecular complexity index is 473. The van der Waals surface area contributed by atoms with Crippen LogP contribution in [0.3, 0.4) is 0 Å². The van der Waals surface area contributed by atoms with Crippen LogP contribution in [-0.4, -0.2) is 12.6 Å². The van der Waals surface area contributed by atoms with Crippen molar-refractivity contribution in [3.63, 3.8) is 0 Å². The zero-order chi connectivity index (χ0) is 13.8. The van der Waals surface area contributed by atoms with E-state index in [4.69, 9.17) is 11.0 Å². The van der Waals surface area contributed by atoms with Crippen LogP contribution in [0.5, 0.6) is 0 Å². The Morgan fingerprint density at radius 3 is 2.47 bits per heavy atom. The van der Waals surface area contributed by atoms with Crippen molar-refractivity contribution < 1.29 is 8.78 Å². The summed E-state index contributed by atoms with van der Waals surface area (Å²) in [6.45, 7) is 0.511. The minimum Gasteiger partial charge on any atom is -0.377 e. The van der Waals surface area contributed by atoms with Crippen molar-refractivity contribution in [2.75, 3.05) is 11.9 Å². The number of nitrogens with two attached hydrogens (primary N) is 1. The van der Waals surface area contributed by atoms with Gasteiger partial charge >= 0.3 is 0 Å². The maximum Gasteiger partial charge on any atom is 0.150 e. The van der Waals surface area contributed by atoms with E-state index in [0.29, 0.717) is 6.54 Å². The first-order chi connectivity index (χ1) is 9.15. The highest BCUT2D eigenvalue weighted by molar-refractivity contribution is 5.51. The minimum absolute atomic E-state index is 0.00399. The smallest absolute Gasteiger partial charge is 0.150 e. The van der Waals surface area contributed by atoms with Crippen LogP contribution in [0.25, 0.3) is 0 Å². The molecule has 0 heterocycles. The van der Waals surface area contributed by atoms with Crippen LogP contribution in [-0.2, 0) is 0 Å². The Morgan fingerprint density at radius 2 is 1.89 bits per heavy atom. The van der Waals surface area contributed by atoms with E-state index in [0.717, 1.165) is 37.8 Å². The lowest BCUT2D eigenvalue weighted by Gasteiger charge is -2.32. The van der Waals surface area contributed by atoms with Gasteiger partial charge in [0, 0.05) is 6.04 Å². The number of anilines is 1. The Labute approximate surface area is 111 Å². The fourth-order valence-electron chi connectivity index (χ4n) is 2.64. The first-order valence-electron chi connectivity index (χ1n) is 6.51. The van der Waals surface area contributed by atoms with Crippen LogP contribution in [0, 0.1) is 28.9 Å². The normalized spacial score (nSPS) is 22.8. The molecule has 0 saturated heterocycles. The van der Waals surface area contributed by atoms with Crippen molar-refractivity contribution in [3.05, 3.63) is 29.3 Å². The van der Waals surface area contributed by atoms with Gasteiger partial charge in [-0.3, -0.25) is 0 Å². The average Bonchev–Trinajstić information content (AvgIpc) is 2.43. The lowest BCUT2D eigenvalue weighted by Crippen LogP contribution is -2.37. The second-order valence-electron chi connectivity index (χ2n) is 4.96. The quantitative estimate of drug-likeness (QED) is 0.883. The van der Waals surface area contributed by atoms with Crippen LogP contribution < -0.4 is 11.1 Å². The van der Waals surface area contributed by atoms with Crippen LogP contribution in [0.4, 0.5) is 14.5 Å². The van der Waals surface area contributed by atoms with Crippen molar-refractivity contribution in [2.24, 2.45) is 11.7 Å². The van der Waals surface area contributed by atoms with Gasteiger partial charge in [-0.25, -0.2) is 8.78 Å². The predicted molar refractivity (Wildman–Crippen MR) is 69.5 cm³/mol. The van der Waals surface area contributed by atoms with Gasteiger partial charge in [0.05, 0.1) is 11.6 Å². The minimum atomic E-state index is -0.724. The summed E-state index contributed by atoms with van der Waals surface area (Å²) in [4.78, 5) is 0. The van der Waals surface area contributed by atoms with E-state index in [9.17, 15) is 8.78 Å². The highest BCUT2D eigenvalue weighted by Gasteiger charge is 2.25. The molecular weight excluding hydrogens is 248 g/mol. The molecule has 3 nitrogen and oxygen atoms in total. The number of benzene rings is 1. The van der Waals surface area contributed by atoms with E-state index in [2.05, 4.69) is 5.32 Å². The molecule has 0 radical (unpaired) electrons. The molecular formula is C14H17F2N3. The van der Waals surface area contributed by atoms with E-state index in [-0.39, 0.29) is 23.2 Å². The lowest BCUT2D eigenvalue weighted by molar-refractivity contribution is 0.331. The zero-order valence-corrected chi connectivity index (χ0v) is 10.6. The Hall–Kier alpha value is -1.67. The standard InChI is InChI=1S/C14H17F2N3/c15-11-5-9(7-17)6-12(16)14(11)19-13-4-2-1-3-10(13)8-18/h5-6,10,13,19H,1-4,8,18H2. The Balaban J connectivity index is 2.21. The van der Waals surface area contributed by atoms with Crippen molar-refractivity contribution in [1.82, 2.24) is 0 Å². The first-order valence-corrected chi connectivity index (χ1v) is 6.51. The number of nitrogens with zero attached hydrogens (tertiary/aromatic N) is 1. The topological polar surface area (TPSA) is 61.8 Å². The van der Waals surface area contributed by atoms with Crippen molar-refractivity contribution in [1.29, 1.82) is 5.26 Å². The summed E-state index contributed by atoms with van der Waals surface area (Å²) in [6, 6.07) is 3.82. The monoisotopic (exact) mass is 265 g/mol. The predicted octanol–water partition coefficient (Wildman–Crippen LogP) is 2.77. The Morgan fingerprint density at radius 1 is 1.26 bits per heavy atom. The third kappa shape index (κ3) is 3.02. The molecule has 2 unspecified atom stereocenters. The fraction of sp³-hybridized carbons (Fsp3) is 0.500. The average molecular weight is 265 g/mol. The molecule has 102 valence electrons. The van der Waals surface area contributed by atoms with Crippen molar-refractivity contribution in [3.8, 4) is 6.07 Å². The summed E-state index contributed by atoms with van der Waals surface area (Å²) in [7, 11) is 0. The molecule has 1 saturated carbocycles. The molecule has 1 fully saturated rings.